The Labute approximate surface area is 113 Å². The second kappa shape index (κ2) is 5.51. The van der Waals surface area contributed by atoms with Gasteiger partial charge in [0.15, 0.2) is 0 Å². The number of likely N-dealkylation sites (N-methyl/N-ethyl adjacent to an activating group) is 1. The standard InChI is InChI=1S/C15H17ClN2/c1-10-5-4-6-12-9-13(8-7-11(2)17-3)15(16)18-14(10)12/h4-9,11,17H,1-3H3/b8-7+. The third kappa shape index (κ3) is 2.71. The van der Waals surface area contributed by atoms with Gasteiger partial charge in [-0.2, -0.15) is 0 Å². The predicted molar refractivity (Wildman–Crippen MR) is 79.0 cm³/mol. The van der Waals surface area contributed by atoms with Crippen molar-refractivity contribution < 1.29 is 0 Å². The normalized spacial score (nSPS) is 13.3. The number of para-hydroxylation sites is 1. The Bertz CT molecular complexity index is 590. The minimum atomic E-state index is 0.314. The van der Waals surface area contributed by atoms with Crippen molar-refractivity contribution in [3.05, 3.63) is 46.6 Å². The van der Waals surface area contributed by atoms with Crippen LogP contribution in [0, 0.1) is 6.92 Å². The second-order valence-corrected chi connectivity index (χ2v) is 4.81. The van der Waals surface area contributed by atoms with E-state index in [1.807, 2.05) is 32.2 Å². The molecule has 1 aromatic heterocycles. The minimum absolute atomic E-state index is 0.314. The van der Waals surface area contributed by atoms with Crippen LogP contribution in [0.5, 0.6) is 0 Å². The van der Waals surface area contributed by atoms with E-state index in [-0.39, 0.29) is 0 Å². The van der Waals surface area contributed by atoms with Crippen molar-refractivity contribution in [2.75, 3.05) is 7.05 Å². The molecular weight excluding hydrogens is 244 g/mol. The zero-order valence-corrected chi connectivity index (χ0v) is 11.6. The fraction of sp³-hybridized carbons (Fsp3) is 0.267. The molecule has 0 radical (unpaired) electrons. The van der Waals surface area contributed by atoms with Gasteiger partial charge in [-0.3, -0.25) is 0 Å². The summed E-state index contributed by atoms with van der Waals surface area (Å²) in [6.45, 7) is 4.13. The summed E-state index contributed by atoms with van der Waals surface area (Å²) in [4.78, 5) is 4.47. The lowest BCUT2D eigenvalue weighted by atomic mass is 10.1. The Balaban J connectivity index is 2.47. The molecule has 1 atom stereocenters. The molecule has 0 saturated carbocycles. The molecule has 0 aliphatic rings. The average Bonchev–Trinajstić information content (AvgIpc) is 2.37. The van der Waals surface area contributed by atoms with Crippen LogP contribution >= 0.6 is 11.6 Å². The van der Waals surface area contributed by atoms with Gasteiger partial charge in [0.25, 0.3) is 0 Å². The Hall–Kier alpha value is -1.38. The summed E-state index contributed by atoms with van der Waals surface area (Å²) < 4.78 is 0. The van der Waals surface area contributed by atoms with Gasteiger partial charge >= 0.3 is 0 Å². The van der Waals surface area contributed by atoms with Crippen molar-refractivity contribution in [3.8, 4) is 0 Å². The Kier molecular flexibility index (Phi) is 4.00. The van der Waals surface area contributed by atoms with Crippen molar-refractivity contribution in [1.82, 2.24) is 10.3 Å². The highest BCUT2D eigenvalue weighted by molar-refractivity contribution is 6.31. The molecule has 1 N–H and O–H groups in total. The topological polar surface area (TPSA) is 24.9 Å². The highest BCUT2D eigenvalue weighted by Crippen LogP contribution is 2.23. The molecular formula is C15H17ClN2. The first kappa shape index (κ1) is 13.1. The number of benzene rings is 1. The molecule has 0 spiro atoms. The quantitative estimate of drug-likeness (QED) is 0.849. The zero-order valence-electron chi connectivity index (χ0n) is 10.9. The first-order valence-corrected chi connectivity index (χ1v) is 6.41. The van der Waals surface area contributed by atoms with E-state index in [0.717, 1.165) is 22.0 Å². The molecule has 1 aromatic carbocycles. The van der Waals surface area contributed by atoms with Crippen molar-refractivity contribution in [1.29, 1.82) is 0 Å². The zero-order chi connectivity index (χ0) is 13.1. The SMILES string of the molecule is CNC(C)/C=C/c1cc2cccc(C)c2nc1Cl. The lowest BCUT2D eigenvalue weighted by molar-refractivity contribution is 0.731. The molecule has 94 valence electrons. The molecule has 0 aliphatic heterocycles. The van der Waals surface area contributed by atoms with Crippen LogP contribution in [0.1, 0.15) is 18.1 Å². The Morgan fingerprint density at radius 3 is 2.89 bits per heavy atom. The van der Waals surface area contributed by atoms with Gasteiger partial charge in [-0.05, 0) is 32.5 Å². The molecule has 0 amide bonds. The lowest BCUT2D eigenvalue weighted by Crippen LogP contribution is -2.17. The van der Waals surface area contributed by atoms with E-state index < -0.39 is 0 Å². The third-order valence-electron chi connectivity index (χ3n) is 3.05. The number of aromatic nitrogens is 1. The smallest absolute Gasteiger partial charge is 0.136 e. The number of hydrogen-bond acceptors (Lipinski definition) is 2. The van der Waals surface area contributed by atoms with Crippen molar-refractivity contribution >= 4 is 28.6 Å². The molecule has 18 heavy (non-hydrogen) atoms. The van der Waals surface area contributed by atoms with Gasteiger partial charge in [-0.15, -0.1) is 0 Å². The summed E-state index contributed by atoms with van der Waals surface area (Å²) in [5, 5.41) is 4.82. The van der Waals surface area contributed by atoms with Crippen LogP contribution < -0.4 is 5.32 Å². The van der Waals surface area contributed by atoms with E-state index in [1.54, 1.807) is 0 Å². The fourth-order valence-electron chi connectivity index (χ4n) is 1.80. The fourth-order valence-corrected chi connectivity index (χ4v) is 2.00. The summed E-state index contributed by atoms with van der Waals surface area (Å²) >= 11 is 6.22. The highest BCUT2D eigenvalue weighted by Gasteiger charge is 2.04. The van der Waals surface area contributed by atoms with Gasteiger partial charge in [-0.25, -0.2) is 4.98 Å². The molecule has 1 unspecified atom stereocenters. The third-order valence-corrected chi connectivity index (χ3v) is 3.35. The van der Waals surface area contributed by atoms with E-state index in [0.29, 0.717) is 11.2 Å². The van der Waals surface area contributed by atoms with E-state index >= 15 is 0 Å². The number of rotatable bonds is 3. The molecule has 3 heteroatoms. The maximum Gasteiger partial charge on any atom is 0.136 e. The maximum absolute atomic E-state index is 6.22. The van der Waals surface area contributed by atoms with Crippen LogP contribution in [0.4, 0.5) is 0 Å². The molecule has 0 bridgehead atoms. The first-order chi connectivity index (χ1) is 8.61. The van der Waals surface area contributed by atoms with E-state index in [2.05, 4.69) is 35.4 Å². The van der Waals surface area contributed by atoms with Crippen LogP contribution in [0.2, 0.25) is 5.15 Å². The van der Waals surface area contributed by atoms with Gasteiger partial charge in [-0.1, -0.05) is 42.0 Å². The number of hydrogen-bond donors (Lipinski definition) is 1. The molecule has 0 saturated heterocycles. The van der Waals surface area contributed by atoms with Gasteiger partial charge in [0, 0.05) is 17.0 Å². The summed E-state index contributed by atoms with van der Waals surface area (Å²) in [6, 6.07) is 8.54. The monoisotopic (exact) mass is 260 g/mol. The van der Waals surface area contributed by atoms with Gasteiger partial charge in [0.05, 0.1) is 5.52 Å². The molecule has 2 nitrogen and oxygen atoms in total. The molecule has 2 rings (SSSR count). The number of halogens is 1. The second-order valence-electron chi connectivity index (χ2n) is 4.45. The number of pyridine rings is 1. The maximum atomic E-state index is 6.22. The largest absolute Gasteiger partial charge is 0.314 e. The summed E-state index contributed by atoms with van der Waals surface area (Å²) in [5.41, 5.74) is 3.08. The van der Waals surface area contributed by atoms with Crippen molar-refractivity contribution in [2.45, 2.75) is 19.9 Å². The van der Waals surface area contributed by atoms with Crippen molar-refractivity contribution in [3.63, 3.8) is 0 Å². The van der Waals surface area contributed by atoms with Gasteiger partial charge in [0.1, 0.15) is 5.15 Å². The minimum Gasteiger partial charge on any atom is -0.314 e. The average molecular weight is 261 g/mol. The predicted octanol–water partition coefficient (Wildman–Crippen LogP) is 3.82. The van der Waals surface area contributed by atoms with E-state index in [9.17, 15) is 0 Å². The van der Waals surface area contributed by atoms with Gasteiger partial charge < -0.3 is 5.32 Å². The number of nitrogens with one attached hydrogen (secondary N) is 1. The van der Waals surface area contributed by atoms with Gasteiger partial charge in [0.2, 0.25) is 0 Å². The summed E-state index contributed by atoms with van der Waals surface area (Å²) in [7, 11) is 1.93. The number of nitrogens with zero attached hydrogens (tertiary/aromatic N) is 1. The highest BCUT2D eigenvalue weighted by atomic mass is 35.5. The summed E-state index contributed by atoms with van der Waals surface area (Å²) in [5.74, 6) is 0. The molecule has 0 aliphatic carbocycles. The van der Waals surface area contributed by atoms with E-state index in [4.69, 9.17) is 11.6 Å². The molecule has 1 heterocycles. The van der Waals surface area contributed by atoms with Crippen molar-refractivity contribution in [2.24, 2.45) is 0 Å². The lowest BCUT2D eigenvalue weighted by Gasteiger charge is -2.06. The molecule has 2 aromatic rings. The van der Waals surface area contributed by atoms with Crippen LogP contribution in [0.15, 0.2) is 30.3 Å². The van der Waals surface area contributed by atoms with Crippen LogP contribution in [0.25, 0.3) is 17.0 Å². The molecule has 0 fully saturated rings. The van der Waals surface area contributed by atoms with E-state index in [1.165, 1.54) is 0 Å². The van der Waals surface area contributed by atoms with Crippen LogP contribution in [-0.4, -0.2) is 18.1 Å². The Morgan fingerprint density at radius 1 is 1.39 bits per heavy atom. The Morgan fingerprint density at radius 2 is 2.17 bits per heavy atom. The summed E-state index contributed by atoms with van der Waals surface area (Å²) in [6.07, 6.45) is 4.09. The van der Waals surface area contributed by atoms with Crippen LogP contribution in [0.3, 0.4) is 0 Å². The van der Waals surface area contributed by atoms with Crippen LogP contribution in [-0.2, 0) is 0 Å². The number of fused-ring (bicyclic) bond motifs is 1. The number of aryl methyl sites for hydroxylation is 1. The first-order valence-electron chi connectivity index (χ1n) is 6.03.